The molecular formula is C22H29ClN2O7. The standard InChI is InChI=1S/C22H29ClN2O7/c23-11-3-1-2-4-13-30-15-16-31-14-12-24-21(28)17-5-7-18(8-6-17)22(29)32-25-19(26)9-10-20(25)27/h5-8H,1-4,9-16H2,(H,24,28). The monoisotopic (exact) mass is 468 g/mol. The zero-order valence-electron chi connectivity index (χ0n) is 18.0. The summed E-state index contributed by atoms with van der Waals surface area (Å²) in [6, 6.07) is 5.71. The Hall–Kier alpha value is -2.49. The molecule has 1 aliphatic rings. The number of alkyl halides is 1. The van der Waals surface area contributed by atoms with Crippen LogP contribution in [0.1, 0.15) is 59.2 Å². The van der Waals surface area contributed by atoms with E-state index in [9.17, 15) is 19.2 Å². The summed E-state index contributed by atoms with van der Waals surface area (Å²) in [5.74, 6) is -1.55. The van der Waals surface area contributed by atoms with E-state index in [-0.39, 0.29) is 24.3 Å². The van der Waals surface area contributed by atoms with Crippen molar-refractivity contribution in [2.75, 3.05) is 38.9 Å². The Kier molecular flexibility index (Phi) is 11.7. The van der Waals surface area contributed by atoms with E-state index >= 15 is 0 Å². The quantitative estimate of drug-likeness (QED) is 0.239. The number of ether oxygens (including phenoxy) is 2. The number of nitrogens with one attached hydrogen (secondary N) is 1. The molecular weight excluding hydrogens is 440 g/mol. The fourth-order valence-corrected chi connectivity index (χ4v) is 3.05. The van der Waals surface area contributed by atoms with Crippen LogP contribution in [0.25, 0.3) is 0 Å². The van der Waals surface area contributed by atoms with Crippen LogP contribution < -0.4 is 5.32 Å². The van der Waals surface area contributed by atoms with Crippen molar-refractivity contribution in [2.24, 2.45) is 0 Å². The van der Waals surface area contributed by atoms with Crippen molar-refractivity contribution >= 4 is 35.3 Å². The fourth-order valence-electron chi connectivity index (χ4n) is 2.86. The smallest absolute Gasteiger partial charge is 0.363 e. The number of rotatable bonds is 15. The number of amides is 3. The second kappa shape index (κ2) is 14.5. The predicted molar refractivity (Wildman–Crippen MR) is 116 cm³/mol. The Balaban J connectivity index is 1.57. The number of hydrogen-bond donors (Lipinski definition) is 1. The minimum absolute atomic E-state index is 0.0252. The van der Waals surface area contributed by atoms with E-state index in [2.05, 4.69) is 5.32 Å². The van der Waals surface area contributed by atoms with Crippen molar-refractivity contribution in [2.45, 2.75) is 38.5 Å². The van der Waals surface area contributed by atoms with Gasteiger partial charge >= 0.3 is 5.97 Å². The van der Waals surface area contributed by atoms with Gasteiger partial charge in [0.25, 0.3) is 17.7 Å². The van der Waals surface area contributed by atoms with Gasteiger partial charge in [-0.3, -0.25) is 14.4 Å². The molecule has 2 rings (SSSR count). The summed E-state index contributed by atoms with van der Waals surface area (Å²) in [7, 11) is 0. The summed E-state index contributed by atoms with van der Waals surface area (Å²) in [6.07, 6.45) is 4.33. The van der Waals surface area contributed by atoms with Gasteiger partial charge in [0.2, 0.25) is 0 Å². The van der Waals surface area contributed by atoms with Gasteiger partial charge in [0.05, 0.1) is 25.4 Å². The molecule has 0 aromatic heterocycles. The van der Waals surface area contributed by atoms with E-state index < -0.39 is 17.8 Å². The molecule has 1 heterocycles. The summed E-state index contributed by atoms with van der Waals surface area (Å²) >= 11 is 5.62. The number of unbranched alkanes of at least 4 members (excludes halogenated alkanes) is 3. The van der Waals surface area contributed by atoms with Crippen LogP contribution >= 0.6 is 11.6 Å². The van der Waals surface area contributed by atoms with Gasteiger partial charge in [-0.25, -0.2) is 4.79 Å². The number of nitrogens with zero attached hydrogens (tertiary/aromatic N) is 1. The van der Waals surface area contributed by atoms with Crippen molar-refractivity contribution < 1.29 is 33.5 Å². The van der Waals surface area contributed by atoms with E-state index in [4.69, 9.17) is 25.9 Å². The Bertz CT molecular complexity index is 754. The highest BCUT2D eigenvalue weighted by molar-refractivity contribution is 6.17. The number of carbonyl (C=O) groups is 4. The SMILES string of the molecule is O=C(NCCOCCOCCCCCCCl)c1ccc(C(=O)ON2C(=O)CCC2=O)cc1. The van der Waals surface area contributed by atoms with Gasteiger partial charge in [-0.2, -0.15) is 0 Å². The van der Waals surface area contributed by atoms with Crippen molar-refractivity contribution in [3.8, 4) is 0 Å². The second-order valence-electron chi connectivity index (χ2n) is 7.12. The molecule has 1 N–H and O–H groups in total. The Morgan fingerprint density at radius 3 is 2.09 bits per heavy atom. The molecule has 1 aromatic rings. The van der Waals surface area contributed by atoms with Crippen LogP contribution in [-0.4, -0.2) is 67.6 Å². The molecule has 3 amide bonds. The van der Waals surface area contributed by atoms with E-state index in [0.29, 0.717) is 49.5 Å². The molecule has 0 bridgehead atoms. The molecule has 0 aliphatic carbocycles. The Morgan fingerprint density at radius 1 is 0.844 bits per heavy atom. The lowest BCUT2D eigenvalue weighted by atomic mass is 10.1. The van der Waals surface area contributed by atoms with Gasteiger partial charge in [0.1, 0.15) is 0 Å². The third-order valence-electron chi connectivity index (χ3n) is 4.64. The van der Waals surface area contributed by atoms with Gasteiger partial charge in [-0.15, -0.1) is 16.7 Å². The fraction of sp³-hybridized carbons (Fsp3) is 0.545. The number of halogens is 1. The first-order chi connectivity index (χ1) is 15.5. The highest BCUT2D eigenvalue weighted by atomic mass is 35.5. The summed E-state index contributed by atoms with van der Waals surface area (Å²) in [5.41, 5.74) is 0.476. The maximum absolute atomic E-state index is 12.2. The molecule has 0 radical (unpaired) electrons. The van der Waals surface area contributed by atoms with Crippen molar-refractivity contribution in [1.82, 2.24) is 10.4 Å². The Morgan fingerprint density at radius 2 is 1.44 bits per heavy atom. The van der Waals surface area contributed by atoms with E-state index in [1.165, 1.54) is 24.3 Å². The van der Waals surface area contributed by atoms with Crippen molar-refractivity contribution in [3.05, 3.63) is 35.4 Å². The normalized spacial score (nSPS) is 13.5. The lowest BCUT2D eigenvalue weighted by Gasteiger charge is -2.12. The zero-order chi connectivity index (χ0) is 23.2. The Labute approximate surface area is 192 Å². The van der Waals surface area contributed by atoms with Gasteiger partial charge in [-0.1, -0.05) is 12.8 Å². The van der Waals surface area contributed by atoms with Crippen LogP contribution in [0, 0.1) is 0 Å². The van der Waals surface area contributed by atoms with Crippen molar-refractivity contribution in [1.29, 1.82) is 0 Å². The number of carbonyl (C=O) groups excluding carboxylic acids is 4. The third-order valence-corrected chi connectivity index (χ3v) is 4.91. The minimum atomic E-state index is -0.841. The maximum atomic E-state index is 12.2. The molecule has 9 nitrogen and oxygen atoms in total. The number of hydroxylamine groups is 2. The van der Waals surface area contributed by atoms with Crippen LogP contribution in [-0.2, 0) is 23.9 Å². The lowest BCUT2D eigenvalue weighted by Crippen LogP contribution is -2.32. The molecule has 1 saturated heterocycles. The zero-order valence-corrected chi connectivity index (χ0v) is 18.7. The number of benzene rings is 1. The van der Waals surface area contributed by atoms with Crippen LogP contribution in [0.15, 0.2) is 24.3 Å². The largest absolute Gasteiger partial charge is 0.379 e. The van der Waals surface area contributed by atoms with E-state index in [1.807, 2.05) is 0 Å². The van der Waals surface area contributed by atoms with Gasteiger partial charge in [-0.05, 0) is 37.1 Å². The minimum Gasteiger partial charge on any atom is -0.379 e. The van der Waals surface area contributed by atoms with E-state index in [0.717, 1.165) is 25.7 Å². The van der Waals surface area contributed by atoms with Gasteiger partial charge < -0.3 is 19.6 Å². The molecule has 176 valence electrons. The first-order valence-corrected chi connectivity index (χ1v) is 11.2. The van der Waals surface area contributed by atoms with E-state index in [1.54, 1.807) is 0 Å². The molecule has 0 spiro atoms. The molecule has 1 fully saturated rings. The average Bonchev–Trinajstić information content (AvgIpc) is 3.11. The highest BCUT2D eigenvalue weighted by Gasteiger charge is 2.33. The maximum Gasteiger partial charge on any atom is 0.363 e. The summed E-state index contributed by atoms with van der Waals surface area (Å²) in [6.45, 7) is 2.36. The lowest BCUT2D eigenvalue weighted by molar-refractivity contribution is -0.172. The predicted octanol–water partition coefficient (Wildman–Crippen LogP) is 2.47. The second-order valence-corrected chi connectivity index (χ2v) is 7.50. The highest BCUT2D eigenvalue weighted by Crippen LogP contribution is 2.14. The number of imide groups is 1. The van der Waals surface area contributed by atoms with Crippen molar-refractivity contribution in [3.63, 3.8) is 0 Å². The average molecular weight is 469 g/mol. The van der Waals surface area contributed by atoms with Crippen LogP contribution in [0.5, 0.6) is 0 Å². The van der Waals surface area contributed by atoms with Gasteiger partial charge in [0, 0.05) is 37.4 Å². The topological polar surface area (TPSA) is 111 Å². The van der Waals surface area contributed by atoms with Crippen LogP contribution in [0.2, 0.25) is 0 Å². The van der Waals surface area contributed by atoms with Crippen LogP contribution in [0.4, 0.5) is 0 Å². The number of hydrogen-bond acceptors (Lipinski definition) is 7. The molecule has 0 unspecified atom stereocenters. The third kappa shape index (κ3) is 8.94. The first-order valence-electron chi connectivity index (χ1n) is 10.7. The molecule has 1 aromatic carbocycles. The molecule has 10 heteroatoms. The molecule has 0 atom stereocenters. The molecule has 0 saturated carbocycles. The summed E-state index contributed by atoms with van der Waals surface area (Å²) in [5, 5.41) is 3.20. The first kappa shape index (κ1) is 25.8. The summed E-state index contributed by atoms with van der Waals surface area (Å²) in [4.78, 5) is 52.1. The summed E-state index contributed by atoms with van der Waals surface area (Å²) < 4.78 is 10.9. The van der Waals surface area contributed by atoms with Gasteiger partial charge in [0.15, 0.2) is 0 Å². The molecule has 1 aliphatic heterocycles. The molecule has 32 heavy (non-hydrogen) atoms. The van der Waals surface area contributed by atoms with Crippen LogP contribution in [0.3, 0.4) is 0 Å².